The molecule has 0 nitrogen and oxygen atoms in total. The molecule has 0 heterocycles. The first-order valence-corrected chi connectivity index (χ1v) is 2.18. The minimum Gasteiger partial charge on any atom is -0.183 e. The normalized spacial score (nSPS) is 14.2. The fourth-order valence-corrected chi connectivity index (χ4v) is 0. The van der Waals surface area contributed by atoms with E-state index in [4.69, 9.17) is 0 Å². The van der Waals surface area contributed by atoms with Gasteiger partial charge in [0.25, 0.3) is 0 Å². The molecule has 0 radical (unpaired) electrons. The van der Waals surface area contributed by atoms with Crippen LogP contribution in [0, 0.1) is 0 Å². The van der Waals surface area contributed by atoms with Crippen molar-refractivity contribution in [2.75, 3.05) is 0 Å². The molecule has 0 spiro atoms. The Kier molecular flexibility index (Phi) is 1.85. The molecule has 8 heavy (non-hydrogen) atoms. The van der Waals surface area contributed by atoms with Crippen LogP contribution in [0.15, 0.2) is 0 Å². The second-order valence-electron chi connectivity index (χ2n) is 0.996. The molecule has 0 N–H and O–H groups in total. The quantitative estimate of drug-likeness (QED) is 0.415. The predicted molar refractivity (Wildman–Crippen MR) is 19.9 cm³/mol. The van der Waals surface area contributed by atoms with Gasteiger partial charge >= 0.3 is 11.0 Å². The highest BCUT2D eigenvalue weighted by Gasteiger charge is 2.55. The van der Waals surface area contributed by atoms with Crippen LogP contribution < -0.4 is 0 Å². The second kappa shape index (κ2) is 1.82. The minimum absolute atomic E-state index is 1.14. The summed E-state index contributed by atoms with van der Waals surface area (Å²) in [6, 6.07) is 0. The molecule has 0 aromatic carbocycles. The van der Waals surface area contributed by atoms with Crippen molar-refractivity contribution in [3.63, 3.8) is 0 Å². The first-order chi connectivity index (χ1) is 3.25. The molecule has 0 aromatic heterocycles. The Morgan fingerprint density at radius 3 is 1.00 bits per heavy atom. The highest BCUT2D eigenvalue weighted by Crippen LogP contribution is 2.39. The predicted octanol–water partition coefficient (Wildman–Crippen LogP) is 2.54. The average Bonchev–Trinajstić information content (AvgIpc) is 1.25. The number of hydrogen-bond donors (Lipinski definition) is 0. The minimum atomic E-state index is -5.48. The van der Waals surface area contributed by atoms with E-state index in [9.17, 15) is 22.0 Å². The first kappa shape index (κ1) is 8.13. The number of rotatable bonds is 0. The zero-order valence-electron chi connectivity index (χ0n) is 3.27. The van der Waals surface area contributed by atoms with Crippen LogP contribution in [0.5, 0.6) is 0 Å². The highest BCUT2D eigenvalue weighted by molar-refractivity contribution is 9.10. The summed E-state index contributed by atoms with van der Waals surface area (Å²) in [5.41, 5.74) is 0. The Morgan fingerprint density at radius 2 is 1.00 bits per heavy atom. The SMILES string of the molecule is FC(F)(F)C(F)(F)Br. The molecule has 0 saturated heterocycles. The molecular formula is C2BrF5. The maximum Gasteiger partial charge on any atom is 0.464 e. The molecule has 0 fully saturated rings. The lowest BCUT2D eigenvalue weighted by molar-refractivity contribution is -0.234. The van der Waals surface area contributed by atoms with Gasteiger partial charge in [0.1, 0.15) is 0 Å². The molecule has 50 valence electrons. The Balaban J connectivity index is 4.02. The standard InChI is InChI=1S/C2BrF5/c3-1(4,5)2(6,7)8. The third-order valence-electron chi connectivity index (χ3n) is 0.321. The molecule has 0 bridgehead atoms. The molecule has 0 unspecified atom stereocenters. The van der Waals surface area contributed by atoms with Gasteiger partial charge in [-0.1, -0.05) is 0 Å². The fourth-order valence-electron chi connectivity index (χ4n) is 0. The summed E-state index contributed by atoms with van der Waals surface area (Å²) in [7, 11) is 0. The van der Waals surface area contributed by atoms with E-state index in [0.29, 0.717) is 0 Å². The Morgan fingerprint density at radius 1 is 0.875 bits per heavy atom. The zero-order valence-corrected chi connectivity index (χ0v) is 4.85. The Hall–Kier alpha value is 0.130. The number of alkyl halides is 6. The average molecular weight is 199 g/mol. The van der Waals surface area contributed by atoms with Crippen molar-refractivity contribution in [2.45, 2.75) is 11.0 Å². The van der Waals surface area contributed by atoms with Gasteiger partial charge in [-0.25, -0.2) is 0 Å². The monoisotopic (exact) mass is 198 g/mol. The van der Waals surface area contributed by atoms with Crippen molar-refractivity contribution in [3.05, 3.63) is 0 Å². The molecule has 0 aliphatic carbocycles. The van der Waals surface area contributed by atoms with Crippen LogP contribution in [0.3, 0.4) is 0 Å². The van der Waals surface area contributed by atoms with E-state index in [1.165, 1.54) is 0 Å². The van der Waals surface area contributed by atoms with Crippen molar-refractivity contribution in [1.82, 2.24) is 0 Å². The summed E-state index contributed by atoms with van der Waals surface area (Å²) in [6.45, 7) is 0. The fraction of sp³-hybridized carbons (Fsp3) is 1.00. The van der Waals surface area contributed by atoms with Gasteiger partial charge in [-0.05, 0) is 0 Å². The molecule has 0 amide bonds. The van der Waals surface area contributed by atoms with Crippen LogP contribution in [-0.2, 0) is 0 Å². The van der Waals surface area contributed by atoms with Crippen molar-refractivity contribution in [1.29, 1.82) is 0 Å². The van der Waals surface area contributed by atoms with Gasteiger partial charge in [0.2, 0.25) is 0 Å². The maximum atomic E-state index is 11.0. The topological polar surface area (TPSA) is 0 Å². The molecule has 0 saturated carbocycles. The third kappa shape index (κ3) is 1.94. The van der Waals surface area contributed by atoms with Gasteiger partial charge in [-0.2, -0.15) is 22.0 Å². The van der Waals surface area contributed by atoms with Crippen LogP contribution in [0.2, 0.25) is 0 Å². The van der Waals surface area contributed by atoms with Crippen LogP contribution in [0.25, 0.3) is 0 Å². The summed E-state index contributed by atoms with van der Waals surface area (Å²) < 4.78 is 54.3. The smallest absolute Gasteiger partial charge is 0.183 e. The first-order valence-electron chi connectivity index (χ1n) is 1.38. The molecule has 0 aliphatic heterocycles. The van der Waals surface area contributed by atoms with E-state index >= 15 is 0 Å². The summed E-state index contributed by atoms with van der Waals surface area (Å²) in [5, 5.41) is 0. The van der Waals surface area contributed by atoms with E-state index in [2.05, 4.69) is 0 Å². The van der Waals surface area contributed by atoms with Crippen LogP contribution in [0.1, 0.15) is 0 Å². The molecule has 0 aromatic rings. The number of halogens is 6. The van der Waals surface area contributed by atoms with Crippen molar-refractivity contribution in [2.24, 2.45) is 0 Å². The van der Waals surface area contributed by atoms with E-state index in [1.807, 2.05) is 0 Å². The van der Waals surface area contributed by atoms with E-state index in [0.717, 1.165) is 15.9 Å². The largest absolute Gasteiger partial charge is 0.464 e. The van der Waals surface area contributed by atoms with Gasteiger partial charge in [-0.15, -0.1) is 0 Å². The van der Waals surface area contributed by atoms with E-state index in [-0.39, 0.29) is 0 Å². The number of hydrogen-bond acceptors (Lipinski definition) is 0. The molecule has 0 aliphatic rings. The van der Waals surface area contributed by atoms with Gasteiger partial charge in [0.15, 0.2) is 0 Å². The maximum absolute atomic E-state index is 11.0. The molecule has 0 atom stereocenters. The lowest BCUT2D eigenvalue weighted by Crippen LogP contribution is -2.29. The lowest BCUT2D eigenvalue weighted by Gasteiger charge is -2.10. The highest BCUT2D eigenvalue weighted by atomic mass is 79.9. The molecule has 6 heteroatoms. The third-order valence-corrected chi connectivity index (χ3v) is 0.771. The van der Waals surface area contributed by atoms with Gasteiger partial charge in [0.05, 0.1) is 0 Å². The summed E-state index contributed by atoms with van der Waals surface area (Å²) in [4.78, 5) is -4.75. The zero-order chi connectivity index (χ0) is 7.00. The summed E-state index contributed by atoms with van der Waals surface area (Å²) in [6.07, 6.45) is -5.48. The van der Waals surface area contributed by atoms with Crippen LogP contribution in [0.4, 0.5) is 22.0 Å². The van der Waals surface area contributed by atoms with Crippen molar-refractivity contribution >= 4 is 15.9 Å². The lowest BCUT2D eigenvalue weighted by atomic mass is 10.7. The Bertz CT molecular complexity index is 65.4. The van der Waals surface area contributed by atoms with E-state index in [1.54, 1.807) is 0 Å². The van der Waals surface area contributed by atoms with Crippen molar-refractivity contribution < 1.29 is 22.0 Å². The van der Waals surface area contributed by atoms with Crippen LogP contribution in [-0.4, -0.2) is 11.0 Å². The van der Waals surface area contributed by atoms with Gasteiger partial charge in [0, 0.05) is 15.9 Å². The van der Waals surface area contributed by atoms with Crippen molar-refractivity contribution in [3.8, 4) is 0 Å². The second-order valence-corrected chi connectivity index (χ2v) is 1.99. The Labute approximate surface area is 49.8 Å². The van der Waals surface area contributed by atoms with E-state index < -0.39 is 11.0 Å². The van der Waals surface area contributed by atoms with Crippen LogP contribution >= 0.6 is 15.9 Å². The van der Waals surface area contributed by atoms with Gasteiger partial charge < -0.3 is 0 Å². The summed E-state index contributed by atoms with van der Waals surface area (Å²) >= 11 is 1.14. The summed E-state index contributed by atoms with van der Waals surface area (Å²) in [5.74, 6) is 0. The molecular weight excluding hydrogens is 199 g/mol. The molecule has 0 rings (SSSR count). The van der Waals surface area contributed by atoms with Gasteiger partial charge in [-0.3, -0.25) is 0 Å².